The first kappa shape index (κ1) is 6.35. The second-order valence-electron chi connectivity index (χ2n) is 2.25. The number of carbonyl (C=O) groups excluding carboxylic acids is 1. The lowest BCUT2D eigenvalue weighted by molar-refractivity contribution is -0.119. The second kappa shape index (κ2) is 3.29. The van der Waals surface area contributed by atoms with Crippen LogP contribution in [0.25, 0.3) is 0 Å². The van der Waals surface area contributed by atoms with Crippen LogP contribution >= 0.6 is 0 Å². The fourth-order valence-electron chi connectivity index (χ4n) is 0.878. The van der Waals surface area contributed by atoms with Crippen molar-refractivity contribution in [2.45, 2.75) is 32.1 Å². The molecule has 0 radical (unpaired) electrons. The molecule has 0 fully saturated rings. The molecule has 0 atom stereocenters. The monoisotopic (exact) mass is 122 g/mol. The fraction of sp³-hybridized carbons (Fsp3) is 0.625. The number of rotatable bonds is 0. The zero-order valence-corrected chi connectivity index (χ0v) is 5.44. The van der Waals surface area contributed by atoms with Crippen molar-refractivity contribution in [1.82, 2.24) is 0 Å². The van der Waals surface area contributed by atoms with Crippen LogP contribution in [-0.4, -0.2) is 5.78 Å². The van der Waals surface area contributed by atoms with E-state index >= 15 is 0 Å². The molecular weight excluding hydrogens is 112 g/mol. The Morgan fingerprint density at radius 1 is 1.11 bits per heavy atom. The Balaban J connectivity index is 2.41. The van der Waals surface area contributed by atoms with Crippen LogP contribution in [0.5, 0.6) is 0 Å². The van der Waals surface area contributed by atoms with Crippen molar-refractivity contribution in [2.75, 3.05) is 0 Å². The summed E-state index contributed by atoms with van der Waals surface area (Å²) in [5.41, 5.74) is 0. The minimum atomic E-state index is 0.379. The van der Waals surface area contributed by atoms with Crippen LogP contribution in [0, 0.1) is 11.8 Å². The number of ketones is 1. The van der Waals surface area contributed by atoms with Crippen molar-refractivity contribution >= 4 is 5.78 Å². The topological polar surface area (TPSA) is 17.1 Å². The molecule has 48 valence electrons. The van der Waals surface area contributed by atoms with Crippen molar-refractivity contribution in [2.24, 2.45) is 0 Å². The summed E-state index contributed by atoms with van der Waals surface area (Å²) in [6.07, 6.45) is 4.07. The number of Topliss-reactive ketones (excluding diaryl/α,β-unsaturated/α-hetero) is 1. The third-order valence-electron chi connectivity index (χ3n) is 1.41. The van der Waals surface area contributed by atoms with E-state index in [1.807, 2.05) is 0 Å². The van der Waals surface area contributed by atoms with Gasteiger partial charge in [-0.1, -0.05) is 0 Å². The first-order valence-corrected chi connectivity index (χ1v) is 3.37. The van der Waals surface area contributed by atoms with Crippen LogP contribution in [0.4, 0.5) is 0 Å². The Labute approximate surface area is 55.4 Å². The van der Waals surface area contributed by atoms with E-state index in [-0.39, 0.29) is 0 Å². The molecule has 0 aromatic rings. The molecule has 1 heteroatoms. The normalized spacial score (nSPS) is 19.3. The summed E-state index contributed by atoms with van der Waals surface area (Å²) in [6.45, 7) is 0. The molecule has 1 nitrogen and oxygen atoms in total. The van der Waals surface area contributed by atoms with Gasteiger partial charge in [0, 0.05) is 25.7 Å². The van der Waals surface area contributed by atoms with Crippen LogP contribution < -0.4 is 0 Å². The molecule has 1 rings (SSSR count). The van der Waals surface area contributed by atoms with Crippen molar-refractivity contribution < 1.29 is 4.79 Å². The molecule has 0 saturated carbocycles. The molecule has 9 heavy (non-hydrogen) atoms. The highest BCUT2D eigenvalue weighted by Crippen LogP contribution is 2.03. The predicted octanol–water partition coefficient (Wildman–Crippen LogP) is 1.52. The van der Waals surface area contributed by atoms with Gasteiger partial charge < -0.3 is 0 Å². The summed E-state index contributed by atoms with van der Waals surface area (Å²) in [6, 6.07) is 0. The third-order valence-corrected chi connectivity index (χ3v) is 1.41. The fourth-order valence-corrected chi connectivity index (χ4v) is 0.878. The molecule has 0 heterocycles. The largest absolute Gasteiger partial charge is 0.300 e. The summed E-state index contributed by atoms with van der Waals surface area (Å²) < 4.78 is 0. The van der Waals surface area contributed by atoms with Gasteiger partial charge in [0.1, 0.15) is 5.78 Å². The minimum absolute atomic E-state index is 0.379. The molecule has 0 aromatic heterocycles. The zero-order chi connectivity index (χ0) is 6.53. The smallest absolute Gasteiger partial charge is 0.133 e. The summed E-state index contributed by atoms with van der Waals surface area (Å²) >= 11 is 0. The molecule has 1 aliphatic rings. The Kier molecular flexibility index (Phi) is 2.32. The van der Waals surface area contributed by atoms with Crippen LogP contribution in [0.15, 0.2) is 0 Å². The Morgan fingerprint density at radius 3 is 2.78 bits per heavy atom. The number of carbonyl (C=O) groups is 1. The van der Waals surface area contributed by atoms with E-state index in [9.17, 15) is 4.79 Å². The van der Waals surface area contributed by atoms with Crippen LogP contribution in [0.2, 0.25) is 0 Å². The average molecular weight is 122 g/mol. The molecule has 0 unspecified atom stereocenters. The summed E-state index contributed by atoms with van der Waals surface area (Å²) in [5.74, 6) is 6.33. The van der Waals surface area contributed by atoms with Crippen molar-refractivity contribution in [3.63, 3.8) is 0 Å². The summed E-state index contributed by atoms with van der Waals surface area (Å²) in [7, 11) is 0. The quantitative estimate of drug-likeness (QED) is 0.445. The number of hydrogen-bond donors (Lipinski definition) is 0. The minimum Gasteiger partial charge on any atom is -0.300 e. The molecule has 0 amide bonds. The highest BCUT2D eigenvalue weighted by atomic mass is 16.1. The van der Waals surface area contributed by atoms with Gasteiger partial charge in [0.05, 0.1) is 0 Å². The van der Waals surface area contributed by atoms with Gasteiger partial charge in [0.2, 0.25) is 0 Å². The summed E-state index contributed by atoms with van der Waals surface area (Å²) in [5, 5.41) is 0. The molecule has 0 aromatic carbocycles. The van der Waals surface area contributed by atoms with Gasteiger partial charge in [0.15, 0.2) is 0 Å². The molecule has 0 spiro atoms. The Morgan fingerprint density at radius 2 is 1.89 bits per heavy atom. The lowest BCUT2D eigenvalue weighted by atomic mass is 10.1. The molecule has 0 aliphatic heterocycles. The van der Waals surface area contributed by atoms with Gasteiger partial charge in [-0.15, -0.1) is 11.8 Å². The van der Waals surface area contributed by atoms with Crippen LogP contribution in [-0.2, 0) is 4.79 Å². The van der Waals surface area contributed by atoms with Crippen molar-refractivity contribution in [1.29, 1.82) is 0 Å². The third kappa shape index (κ3) is 2.32. The molecule has 0 saturated heterocycles. The van der Waals surface area contributed by atoms with E-state index < -0.39 is 0 Å². The molecule has 0 N–H and O–H groups in total. The molecule has 0 bridgehead atoms. The SMILES string of the molecule is O=C1CCC#CCCC1. The van der Waals surface area contributed by atoms with E-state index in [0.717, 1.165) is 25.7 Å². The maximum absolute atomic E-state index is 10.8. The Hall–Kier alpha value is -0.770. The van der Waals surface area contributed by atoms with Gasteiger partial charge in [-0.05, 0) is 6.42 Å². The van der Waals surface area contributed by atoms with E-state index in [1.165, 1.54) is 0 Å². The first-order chi connectivity index (χ1) is 4.39. The van der Waals surface area contributed by atoms with Gasteiger partial charge in [-0.3, -0.25) is 4.79 Å². The zero-order valence-electron chi connectivity index (χ0n) is 5.44. The highest BCUT2D eigenvalue weighted by molar-refractivity contribution is 5.78. The second-order valence-corrected chi connectivity index (χ2v) is 2.25. The lowest BCUT2D eigenvalue weighted by Crippen LogP contribution is -1.97. The standard InChI is InChI=1S/C8H10O/c9-8-6-4-2-1-3-5-7-8/h2,4-7H2. The predicted molar refractivity (Wildman–Crippen MR) is 35.9 cm³/mol. The summed E-state index contributed by atoms with van der Waals surface area (Å²) in [4.78, 5) is 10.8. The molecule has 1 aliphatic carbocycles. The maximum atomic E-state index is 10.8. The lowest BCUT2D eigenvalue weighted by Gasteiger charge is -1.97. The van der Waals surface area contributed by atoms with Gasteiger partial charge >= 0.3 is 0 Å². The van der Waals surface area contributed by atoms with Gasteiger partial charge in [-0.2, -0.15) is 0 Å². The number of hydrogen-bond acceptors (Lipinski definition) is 1. The van der Waals surface area contributed by atoms with E-state index in [4.69, 9.17) is 0 Å². The van der Waals surface area contributed by atoms with Crippen molar-refractivity contribution in [3.05, 3.63) is 0 Å². The van der Waals surface area contributed by atoms with Crippen LogP contribution in [0.3, 0.4) is 0 Å². The van der Waals surface area contributed by atoms with E-state index in [2.05, 4.69) is 11.8 Å². The van der Waals surface area contributed by atoms with Gasteiger partial charge in [-0.25, -0.2) is 0 Å². The van der Waals surface area contributed by atoms with E-state index in [1.54, 1.807) is 0 Å². The highest BCUT2D eigenvalue weighted by Gasteiger charge is 2.00. The molecular formula is C8H10O. The first-order valence-electron chi connectivity index (χ1n) is 3.37. The van der Waals surface area contributed by atoms with Crippen molar-refractivity contribution in [3.8, 4) is 11.8 Å². The van der Waals surface area contributed by atoms with Crippen LogP contribution in [0.1, 0.15) is 32.1 Å². The van der Waals surface area contributed by atoms with E-state index in [0.29, 0.717) is 12.2 Å². The Bertz CT molecular complexity index is 159. The van der Waals surface area contributed by atoms with Gasteiger partial charge in [0.25, 0.3) is 0 Å². The average Bonchev–Trinajstić information content (AvgIpc) is 1.79. The maximum Gasteiger partial charge on any atom is 0.133 e.